The van der Waals surface area contributed by atoms with Crippen LogP contribution in [-0.4, -0.2) is 34.4 Å². The monoisotopic (exact) mass is 313 g/mol. The highest BCUT2D eigenvalue weighted by Gasteiger charge is 2.11. The van der Waals surface area contributed by atoms with E-state index in [1.54, 1.807) is 17.3 Å². The predicted octanol–water partition coefficient (Wildman–Crippen LogP) is 2.22. The largest absolute Gasteiger partial charge is 0.393 e. The molecule has 1 aromatic carbocycles. The van der Waals surface area contributed by atoms with Crippen molar-refractivity contribution in [2.24, 2.45) is 5.73 Å². The van der Waals surface area contributed by atoms with Gasteiger partial charge in [-0.1, -0.05) is 24.4 Å². The minimum absolute atomic E-state index is 0.0101. The van der Waals surface area contributed by atoms with Crippen molar-refractivity contribution < 1.29 is 4.79 Å². The Morgan fingerprint density at radius 3 is 2.36 bits per heavy atom. The summed E-state index contributed by atoms with van der Waals surface area (Å²) in [5.41, 5.74) is 8.37. The highest BCUT2D eigenvalue weighted by Crippen LogP contribution is 2.09. The van der Waals surface area contributed by atoms with Gasteiger partial charge in [0.25, 0.3) is 5.91 Å². The fourth-order valence-corrected chi connectivity index (χ4v) is 2.30. The first-order valence-electron chi connectivity index (χ1n) is 7.08. The third-order valence-electron chi connectivity index (χ3n) is 3.41. The Balaban J connectivity index is 1.93. The fraction of sp³-hybridized carbons (Fsp3) is 0.235. The zero-order valence-corrected chi connectivity index (χ0v) is 13.3. The van der Waals surface area contributed by atoms with E-state index in [2.05, 4.69) is 4.98 Å². The van der Waals surface area contributed by atoms with E-state index < -0.39 is 0 Å². The number of pyridine rings is 1. The minimum atomic E-state index is 0.0101. The van der Waals surface area contributed by atoms with Crippen LogP contribution in [0.1, 0.15) is 21.5 Å². The van der Waals surface area contributed by atoms with Crippen molar-refractivity contribution in [3.8, 4) is 0 Å². The molecule has 0 fully saturated rings. The fourth-order valence-electron chi connectivity index (χ4n) is 2.13. The van der Waals surface area contributed by atoms with E-state index in [9.17, 15) is 4.79 Å². The minimum Gasteiger partial charge on any atom is -0.393 e. The molecule has 0 aliphatic heterocycles. The van der Waals surface area contributed by atoms with Crippen molar-refractivity contribution in [2.75, 3.05) is 13.6 Å². The van der Waals surface area contributed by atoms with Gasteiger partial charge in [0.05, 0.1) is 4.99 Å². The van der Waals surface area contributed by atoms with Crippen LogP contribution in [0, 0.1) is 0 Å². The molecule has 0 bridgehead atoms. The number of aromatic nitrogens is 1. The predicted molar refractivity (Wildman–Crippen MR) is 91.8 cm³/mol. The summed E-state index contributed by atoms with van der Waals surface area (Å²) in [6.07, 6.45) is 4.89. The summed E-state index contributed by atoms with van der Waals surface area (Å²) in [4.78, 5) is 18.5. The van der Waals surface area contributed by atoms with E-state index in [0.29, 0.717) is 23.5 Å². The molecule has 0 saturated heterocycles. The number of hydrogen-bond donors (Lipinski definition) is 1. The quantitative estimate of drug-likeness (QED) is 0.831. The van der Waals surface area contributed by atoms with Crippen molar-refractivity contribution in [3.05, 3.63) is 65.5 Å². The maximum Gasteiger partial charge on any atom is 0.253 e. The number of rotatable bonds is 6. The summed E-state index contributed by atoms with van der Waals surface area (Å²) >= 11 is 4.88. The summed E-state index contributed by atoms with van der Waals surface area (Å²) in [5.74, 6) is 0.0101. The second-order valence-electron chi connectivity index (χ2n) is 5.17. The highest BCUT2D eigenvalue weighted by molar-refractivity contribution is 7.80. The molecule has 22 heavy (non-hydrogen) atoms. The first kappa shape index (κ1) is 16.1. The molecule has 0 saturated carbocycles. The van der Waals surface area contributed by atoms with Crippen LogP contribution in [0.15, 0.2) is 48.8 Å². The molecule has 0 radical (unpaired) electrons. The number of thiocarbonyl (C=S) groups is 1. The molecule has 2 aromatic rings. The van der Waals surface area contributed by atoms with Gasteiger partial charge in [0.1, 0.15) is 0 Å². The van der Waals surface area contributed by atoms with E-state index in [-0.39, 0.29) is 5.91 Å². The molecule has 2 rings (SSSR count). The van der Waals surface area contributed by atoms with Crippen LogP contribution in [-0.2, 0) is 12.8 Å². The van der Waals surface area contributed by atoms with Crippen LogP contribution in [0.25, 0.3) is 0 Å². The van der Waals surface area contributed by atoms with Crippen LogP contribution < -0.4 is 5.73 Å². The molecule has 114 valence electrons. The highest BCUT2D eigenvalue weighted by atomic mass is 32.1. The number of likely N-dealkylation sites (N-methyl/N-ethyl adjacent to an activating group) is 1. The molecule has 5 heteroatoms. The van der Waals surface area contributed by atoms with Gasteiger partial charge in [0.15, 0.2) is 0 Å². The lowest BCUT2D eigenvalue weighted by molar-refractivity contribution is 0.0796. The Hall–Kier alpha value is -2.27. The summed E-state index contributed by atoms with van der Waals surface area (Å²) in [6, 6.07) is 11.3. The SMILES string of the molecule is CN(CCc1ccncc1)C(=O)c1ccc(CC(N)=S)cc1. The van der Waals surface area contributed by atoms with Crippen molar-refractivity contribution in [3.63, 3.8) is 0 Å². The van der Waals surface area contributed by atoms with Gasteiger partial charge in [-0.05, 0) is 41.8 Å². The molecule has 1 aromatic heterocycles. The van der Waals surface area contributed by atoms with Crippen molar-refractivity contribution in [2.45, 2.75) is 12.8 Å². The topological polar surface area (TPSA) is 59.2 Å². The number of benzene rings is 1. The molecule has 0 unspecified atom stereocenters. The lowest BCUT2D eigenvalue weighted by Gasteiger charge is -2.17. The molecule has 1 heterocycles. The van der Waals surface area contributed by atoms with Gasteiger partial charge in [-0.25, -0.2) is 0 Å². The Morgan fingerprint density at radius 2 is 1.77 bits per heavy atom. The first-order chi connectivity index (χ1) is 10.6. The number of nitrogens with two attached hydrogens (primary N) is 1. The molecule has 4 nitrogen and oxygen atoms in total. The van der Waals surface area contributed by atoms with E-state index in [4.69, 9.17) is 18.0 Å². The number of hydrogen-bond acceptors (Lipinski definition) is 3. The van der Waals surface area contributed by atoms with E-state index in [1.807, 2.05) is 43.4 Å². The third kappa shape index (κ3) is 4.63. The number of nitrogens with zero attached hydrogens (tertiary/aromatic N) is 2. The average Bonchev–Trinajstić information content (AvgIpc) is 2.53. The van der Waals surface area contributed by atoms with Crippen LogP contribution in [0.5, 0.6) is 0 Å². The molecule has 2 N–H and O–H groups in total. The van der Waals surface area contributed by atoms with E-state index >= 15 is 0 Å². The van der Waals surface area contributed by atoms with Crippen molar-refractivity contribution >= 4 is 23.1 Å². The molecule has 0 aliphatic carbocycles. The molecular formula is C17H19N3OS. The van der Waals surface area contributed by atoms with Gasteiger partial charge >= 0.3 is 0 Å². The van der Waals surface area contributed by atoms with Crippen LogP contribution in [0.3, 0.4) is 0 Å². The Bertz CT molecular complexity index is 641. The Morgan fingerprint density at radius 1 is 1.14 bits per heavy atom. The molecular weight excluding hydrogens is 294 g/mol. The lowest BCUT2D eigenvalue weighted by atomic mass is 10.1. The summed E-state index contributed by atoms with van der Waals surface area (Å²) in [6.45, 7) is 0.664. The lowest BCUT2D eigenvalue weighted by Crippen LogP contribution is -2.28. The smallest absolute Gasteiger partial charge is 0.253 e. The third-order valence-corrected chi connectivity index (χ3v) is 3.56. The second-order valence-corrected chi connectivity index (χ2v) is 5.70. The Labute approximate surface area is 136 Å². The number of carbonyl (C=O) groups excluding carboxylic acids is 1. The first-order valence-corrected chi connectivity index (χ1v) is 7.48. The van der Waals surface area contributed by atoms with Crippen LogP contribution >= 0.6 is 12.2 Å². The van der Waals surface area contributed by atoms with Gasteiger partial charge in [-0.3, -0.25) is 9.78 Å². The van der Waals surface area contributed by atoms with E-state index in [0.717, 1.165) is 12.0 Å². The zero-order valence-electron chi connectivity index (χ0n) is 12.5. The van der Waals surface area contributed by atoms with Gasteiger partial charge in [-0.2, -0.15) is 0 Å². The standard InChI is InChI=1S/C17H19N3OS/c1-20(11-8-13-6-9-19-10-7-13)17(21)15-4-2-14(3-5-15)12-16(18)22/h2-7,9-10H,8,11-12H2,1H3,(H2,18,22). The van der Waals surface area contributed by atoms with Gasteiger partial charge in [0, 0.05) is 38.0 Å². The number of amides is 1. The maximum atomic E-state index is 12.4. The maximum absolute atomic E-state index is 12.4. The van der Waals surface area contributed by atoms with E-state index in [1.165, 1.54) is 5.56 Å². The summed E-state index contributed by atoms with van der Waals surface area (Å²) in [7, 11) is 1.81. The molecule has 0 atom stereocenters. The van der Waals surface area contributed by atoms with Gasteiger partial charge in [0.2, 0.25) is 0 Å². The summed E-state index contributed by atoms with van der Waals surface area (Å²) in [5, 5.41) is 0. The normalized spacial score (nSPS) is 10.2. The second kappa shape index (κ2) is 7.66. The van der Waals surface area contributed by atoms with Gasteiger partial charge < -0.3 is 10.6 Å². The van der Waals surface area contributed by atoms with Crippen molar-refractivity contribution in [1.29, 1.82) is 0 Å². The summed E-state index contributed by atoms with van der Waals surface area (Å²) < 4.78 is 0. The number of carbonyl (C=O) groups is 1. The molecule has 0 aliphatic rings. The van der Waals surface area contributed by atoms with Crippen LogP contribution in [0.2, 0.25) is 0 Å². The van der Waals surface area contributed by atoms with Crippen molar-refractivity contribution in [1.82, 2.24) is 9.88 Å². The van der Waals surface area contributed by atoms with Gasteiger partial charge in [-0.15, -0.1) is 0 Å². The molecule has 0 spiro atoms. The molecule has 1 amide bonds. The zero-order chi connectivity index (χ0) is 15.9. The Kier molecular flexibility index (Phi) is 5.61. The average molecular weight is 313 g/mol. The van der Waals surface area contributed by atoms with Crippen LogP contribution in [0.4, 0.5) is 0 Å².